The van der Waals surface area contributed by atoms with Gasteiger partial charge in [0, 0.05) is 0 Å². The van der Waals surface area contributed by atoms with Crippen LogP contribution in [-0.4, -0.2) is 12.0 Å². The third-order valence-electron chi connectivity index (χ3n) is 0.675. The highest BCUT2D eigenvalue weighted by molar-refractivity contribution is 5.46. The highest BCUT2D eigenvalue weighted by Crippen LogP contribution is 1.82. The van der Waals surface area contributed by atoms with Crippen molar-refractivity contribution in [3.05, 3.63) is 6.58 Å². The molecule has 0 spiro atoms. The van der Waals surface area contributed by atoms with Crippen LogP contribution >= 0.6 is 0 Å². The van der Waals surface area contributed by atoms with Crippen LogP contribution in [-0.2, 0) is 0 Å². The van der Waals surface area contributed by atoms with Crippen molar-refractivity contribution >= 4 is 5.87 Å². The summed E-state index contributed by atoms with van der Waals surface area (Å²) in [6, 6.07) is 0. The monoisotopic (exact) mass is 98.1 g/mol. The van der Waals surface area contributed by atoms with E-state index in [-0.39, 0.29) is 6.17 Å². The molecule has 0 saturated heterocycles. The minimum atomic E-state index is -0.0995. The van der Waals surface area contributed by atoms with Gasteiger partial charge in [0.1, 0.15) is 6.17 Å². The van der Waals surface area contributed by atoms with E-state index in [1.165, 1.54) is 0 Å². The third kappa shape index (κ3) is 3.23. The van der Waals surface area contributed by atoms with Gasteiger partial charge in [0.05, 0.1) is 0 Å². The zero-order valence-corrected chi connectivity index (χ0v) is 4.52. The van der Waals surface area contributed by atoms with Gasteiger partial charge < -0.3 is 5.73 Å². The Morgan fingerprint density at radius 3 is 2.71 bits per heavy atom. The van der Waals surface area contributed by atoms with Gasteiger partial charge in [-0.2, -0.15) is 0 Å². The highest BCUT2D eigenvalue weighted by atomic mass is 14.9. The summed E-state index contributed by atoms with van der Waals surface area (Å²) >= 11 is 0. The Hall–Kier alpha value is -0.590. The van der Waals surface area contributed by atoms with Crippen molar-refractivity contribution in [2.24, 2.45) is 10.7 Å². The van der Waals surface area contributed by atoms with Crippen molar-refractivity contribution in [3.8, 4) is 0 Å². The summed E-state index contributed by atoms with van der Waals surface area (Å²) in [6.07, 6.45) is 0.750. The van der Waals surface area contributed by atoms with E-state index in [1.807, 2.05) is 6.92 Å². The Morgan fingerprint density at radius 2 is 2.57 bits per heavy atom. The molecule has 1 unspecified atom stereocenters. The lowest BCUT2D eigenvalue weighted by atomic mass is 10.4. The first kappa shape index (κ1) is 6.41. The lowest BCUT2D eigenvalue weighted by Gasteiger charge is -1.94. The van der Waals surface area contributed by atoms with Crippen molar-refractivity contribution in [2.75, 3.05) is 0 Å². The predicted octanol–water partition coefficient (Wildman–Crippen LogP) is 0.537. The molecule has 0 fully saturated rings. The van der Waals surface area contributed by atoms with Gasteiger partial charge in [0.25, 0.3) is 0 Å². The van der Waals surface area contributed by atoms with Crippen LogP contribution in [0, 0.1) is 0 Å². The van der Waals surface area contributed by atoms with E-state index >= 15 is 0 Å². The summed E-state index contributed by atoms with van der Waals surface area (Å²) in [6.45, 7) is 5.24. The zero-order chi connectivity index (χ0) is 5.70. The first-order valence-corrected chi connectivity index (χ1v) is 2.28. The maximum Gasteiger partial charge on any atom is 0.106 e. The number of hydrogen-bond donors (Lipinski definition) is 1. The van der Waals surface area contributed by atoms with Gasteiger partial charge in [-0.1, -0.05) is 6.92 Å². The minimum Gasteiger partial charge on any atom is -0.309 e. The van der Waals surface area contributed by atoms with Crippen LogP contribution in [0.3, 0.4) is 0 Å². The van der Waals surface area contributed by atoms with Gasteiger partial charge in [-0.3, -0.25) is 0 Å². The van der Waals surface area contributed by atoms with Crippen molar-refractivity contribution in [2.45, 2.75) is 19.5 Å². The Bertz CT molecular complexity index is 82.1. The molecule has 0 heterocycles. The van der Waals surface area contributed by atoms with Crippen LogP contribution in [0.2, 0.25) is 0 Å². The maximum absolute atomic E-state index is 5.31. The standard InChI is InChI=1S/C5H10N2/c1-3-5(6)7-4-2/h5H,2-3,6H2,1H3. The molecule has 0 aliphatic heterocycles. The molecule has 0 aromatic rings. The molecule has 0 rings (SSSR count). The first-order chi connectivity index (χ1) is 3.31. The van der Waals surface area contributed by atoms with Crippen LogP contribution in [0.1, 0.15) is 13.3 Å². The number of aliphatic imine (C=N–C) groups is 1. The van der Waals surface area contributed by atoms with Crippen LogP contribution in [0.5, 0.6) is 0 Å². The second-order valence-corrected chi connectivity index (χ2v) is 1.26. The second-order valence-electron chi connectivity index (χ2n) is 1.26. The molecule has 2 N–H and O–H groups in total. The van der Waals surface area contributed by atoms with Crippen LogP contribution in [0.15, 0.2) is 11.6 Å². The number of hydrogen-bond acceptors (Lipinski definition) is 2. The highest BCUT2D eigenvalue weighted by Gasteiger charge is 1.86. The summed E-state index contributed by atoms with van der Waals surface area (Å²) in [5, 5.41) is 0. The van der Waals surface area contributed by atoms with Gasteiger partial charge in [-0.25, -0.2) is 4.99 Å². The fourth-order valence-corrected chi connectivity index (χ4v) is 0.209. The lowest BCUT2D eigenvalue weighted by Crippen LogP contribution is -2.14. The minimum absolute atomic E-state index is 0.0995. The molecule has 0 radical (unpaired) electrons. The normalized spacial score (nSPS) is 12.3. The number of rotatable bonds is 2. The molecule has 0 aliphatic rings. The van der Waals surface area contributed by atoms with Crippen LogP contribution in [0.4, 0.5) is 0 Å². The zero-order valence-electron chi connectivity index (χ0n) is 4.52. The molecule has 0 aliphatic carbocycles. The first-order valence-electron chi connectivity index (χ1n) is 2.28. The summed E-state index contributed by atoms with van der Waals surface area (Å²) in [4.78, 5) is 3.66. The molecule has 0 bridgehead atoms. The topological polar surface area (TPSA) is 38.4 Å². The molecule has 2 nitrogen and oxygen atoms in total. The Kier molecular flexibility index (Phi) is 3.29. The fraction of sp³-hybridized carbons (Fsp3) is 0.600. The van der Waals surface area contributed by atoms with Crippen molar-refractivity contribution in [1.82, 2.24) is 0 Å². The van der Waals surface area contributed by atoms with E-state index < -0.39 is 0 Å². The van der Waals surface area contributed by atoms with E-state index in [4.69, 9.17) is 5.73 Å². The van der Waals surface area contributed by atoms with Crippen LogP contribution < -0.4 is 5.73 Å². The Balaban J connectivity index is 3.35. The summed E-state index contributed by atoms with van der Waals surface area (Å²) in [5.74, 6) is 2.37. The lowest BCUT2D eigenvalue weighted by molar-refractivity contribution is 0.689. The average Bonchev–Trinajstić information content (AvgIpc) is 1.68. The van der Waals surface area contributed by atoms with E-state index in [0.717, 1.165) is 6.42 Å². The molecule has 1 atom stereocenters. The Morgan fingerprint density at radius 1 is 2.00 bits per heavy atom. The van der Waals surface area contributed by atoms with Gasteiger partial charge >= 0.3 is 0 Å². The van der Waals surface area contributed by atoms with Crippen molar-refractivity contribution in [3.63, 3.8) is 0 Å². The second kappa shape index (κ2) is 3.59. The maximum atomic E-state index is 5.31. The Labute approximate surface area is 43.7 Å². The molecular formula is C5H10N2. The summed E-state index contributed by atoms with van der Waals surface area (Å²) in [7, 11) is 0. The third-order valence-corrected chi connectivity index (χ3v) is 0.675. The largest absolute Gasteiger partial charge is 0.309 e. The summed E-state index contributed by atoms with van der Waals surface area (Å²) in [5.41, 5.74) is 5.31. The molecule has 0 saturated carbocycles. The van der Waals surface area contributed by atoms with Gasteiger partial charge in [-0.15, -0.1) is 0 Å². The number of nitrogens with two attached hydrogens (primary N) is 1. The molecule has 40 valence electrons. The van der Waals surface area contributed by atoms with E-state index in [2.05, 4.69) is 17.4 Å². The van der Waals surface area contributed by atoms with Crippen LogP contribution in [0.25, 0.3) is 0 Å². The average molecular weight is 98.1 g/mol. The van der Waals surface area contributed by atoms with Gasteiger partial charge in [0.2, 0.25) is 0 Å². The smallest absolute Gasteiger partial charge is 0.106 e. The fourth-order valence-electron chi connectivity index (χ4n) is 0.209. The molecule has 0 aromatic heterocycles. The van der Waals surface area contributed by atoms with Gasteiger partial charge in [0.15, 0.2) is 0 Å². The predicted molar refractivity (Wildman–Crippen MR) is 31.3 cm³/mol. The molecule has 0 amide bonds. The quantitative estimate of drug-likeness (QED) is 0.503. The summed E-state index contributed by atoms with van der Waals surface area (Å²) < 4.78 is 0. The van der Waals surface area contributed by atoms with E-state index in [1.54, 1.807) is 0 Å². The molecule has 7 heavy (non-hydrogen) atoms. The molecule has 2 heteroatoms. The number of nitrogens with zero attached hydrogens (tertiary/aromatic N) is 1. The van der Waals surface area contributed by atoms with Crippen molar-refractivity contribution < 1.29 is 0 Å². The SMILES string of the molecule is C=C=NC(N)CC. The molecular weight excluding hydrogens is 88.1 g/mol. The van der Waals surface area contributed by atoms with Crippen molar-refractivity contribution in [1.29, 1.82) is 0 Å². The molecule has 0 aromatic carbocycles. The van der Waals surface area contributed by atoms with Gasteiger partial charge in [-0.05, 0) is 18.9 Å². The van der Waals surface area contributed by atoms with E-state index in [0.29, 0.717) is 0 Å². The van der Waals surface area contributed by atoms with E-state index in [9.17, 15) is 0 Å².